The van der Waals surface area contributed by atoms with Crippen LogP contribution in [0.1, 0.15) is 24.5 Å². The summed E-state index contributed by atoms with van der Waals surface area (Å²) >= 11 is 0. The van der Waals surface area contributed by atoms with Crippen molar-refractivity contribution < 1.29 is 14.2 Å². The van der Waals surface area contributed by atoms with Gasteiger partial charge in [0, 0.05) is 0 Å². The Balaban J connectivity index is 1.87. The maximum atomic E-state index is 9.13. The second-order valence-corrected chi connectivity index (χ2v) is 5.04. The van der Waals surface area contributed by atoms with Crippen LogP contribution in [0.25, 0.3) is 0 Å². The van der Waals surface area contributed by atoms with Crippen LogP contribution < -0.4 is 14.2 Å². The molecular weight excluding hydrogens is 290 g/mol. The van der Waals surface area contributed by atoms with Gasteiger partial charge in [-0.05, 0) is 36.2 Å². The molecule has 0 heterocycles. The Morgan fingerprint density at radius 3 is 2.39 bits per heavy atom. The molecule has 0 fully saturated rings. The standard InChI is InChI=1S/C19H21NO3/c1-3-5-15-8-10-17(11-9-15)22-12-13-23-19-16(14-20)6-4-7-18(19)21-2/h4,6-11H,3,5,12-13H2,1-2H3. The van der Waals surface area contributed by atoms with Gasteiger partial charge in [-0.2, -0.15) is 5.26 Å². The molecule has 4 heteroatoms. The molecule has 0 saturated heterocycles. The van der Waals surface area contributed by atoms with Crippen LogP contribution in [-0.4, -0.2) is 20.3 Å². The average Bonchev–Trinajstić information content (AvgIpc) is 2.60. The summed E-state index contributed by atoms with van der Waals surface area (Å²) in [6, 6.07) is 15.4. The van der Waals surface area contributed by atoms with Gasteiger partial charge >= 0.3 is 0 Å². The predicted molar refractivity (Wildman–Crippen MR) is 89.1 cm³/mol. The topological polar surface area (TPSA) is 51.5 Å². The molecule has 0 unspecified atom stereocenters. The van der Waals surface area contributed by atoms with Gasteiger partial charge in [-0.3, -0.25) is 0 Å². The van der Waals surface area contributed by atoms with Crippen LogP contribution in [0.3, 0.4) is 0 Å². The quantitative estimate of drug-likeness (QED) is 0.692. The van der Waals surface area contributed by atoms with E-state index in [9.17, 15) is 0 Å². The number of hydrogen-bond donors (Lipinski definition) is 0. The SMILES string of the molecule is CCCc1ccc(OCCOc2c(C#N)cccc2OC)cc1. The molecule has 0 bridgehead atoms. The van der Waals surface area contributed by atoms with Gasteiger partial charge in [0.15, 0.2) is 11.5 Å². The zero-order valence-corrected chi connectivity index (χ0v) is 13.5. The monoisotopic (exact) mass is 311 g/mol. The number of nitriles is 1. The highest BCUT2D eigenvalue weighted by molar-refractivity contribution is 5.52. The molecule has 23 heavy (non-hydrogen) atoms. The van der Waals surface area contributed by atoms with E-state index in [1.165, 1.54) is 5.56 Å². The van der Waals surface area contributed by atoms with Crippen molar-refractivity contribution in [3.63, 3.8) is 0 Å². The number of rotatable bonds is 8. The lowest BCUT2D eigenvalue weighted by atomic mass is 10.1. The van der Waals surface area contributed by atoms with E-state index < -0.39 is 0 Å². The Labute approximate surface area is 137 Å². The number of aryl methyl sites for hydroxylation is 1. The van der Waals surface area contributed by atoms with E-state index in [0.717, 1.165) is 18.6 Å². The zero-order valence-electron chi connectivity index (χ0n) is 13.5. The Morgan fingerprint density at radius 2 is 1.74 bits per heavy atom. The van der Waals surface area contributed by atoms with Gasteiger partial charge in [0.2, 0.25) is 0 Å². The van der Waals surface area contributed by atoms with Crippen molar-refractivity contribution in [1.82, 2.24) is 0 Å². The number of hydrogen-bond acceptors (Lipinski definition) is 4. The van der Waals surface area contributed by atoms with Gasteiger partial charge in [-0.1, -0.05) is 31.5 Å². The van der Waals surface area contributed by atoms with Crippen molar-refractivity contribution in [1.29, 1.82) is 5.26 Å². The first-order valence-electron chi connectivity index (χ1n) is 7.70. The predicted octanol–water partition coefficient (Wildman–Crippen LogP) is 3.98. The van der Waals surface area contributed by atoms with Crippen LogP contribution in [-0.2, 0) is 6.42 Å². The first kappa shape index (κ1) is 16.7. The highest BCUT2D eigenvalue weighted by Gasteiger charge is 2.10. The van der Waals surface area contributed by atoms with E-state index in [4.69, 9.17) is 19.5 Å². The molecule has 120 valence electrons. The Hall–Kier alpha value is -2.67. The van der Waals surface area contributed by atoms with Gasteiger partial charge in [0.05, 0.1) is 12.7 Å². The minimum atomic E-state index is 0.339. The van der Waals surface area contributed by atoms with Crippen molar-refractivity contribution in [2.45, 2.75) is 19.8 Å². The number of methoxy groups -OCH3 is 1. The molecule has 0 radical (unpaired) electrons. The number of ether oxygens (including phenoxy) is 3. The normalized spacial score (nSPS) is 9.96. The molecule has 0 atom stereocenters. The molecule has 0 aliphatic carbocycles. The van der Waals surface area contributed by atoms with Gasteiger partial charge < -0.3 is 14.2 Å². The molecule has 0 aliphatic heterocycles. The van der Waals surface area contributed by atoms with Gasteiger partial charge in [0.25, 0.3) is 0 Å². The molecule has 0 spiro atoms. The van der Waals surface area contributed by atoms with Crippen LogP contribution in [0, 0.1) is 11.3 Å². The van der Waals surface area contributed by atoms with E-state index in [-0.39, 0.29) is 0 Å². The molecule has 0 saturated carbocycles. The lowest BCUT2D eigenvalue weighted by molar-refractivity contribution is 0.211. The van der Waals surface area contributed by atoms with Crippen LogP contribution in [0.5, 0.6) is 17.2 Å². The molecule has 0 amide bonds. The molecule has 2 aromatic rings. The van der Waals surface area contributed by atoms with E-state index in [0.29, 0.717) is 30.3 Å². The Morgan fingerprint density at radius 1 is 1.00 bits per heavy atom. The second kappa shape index (κ2) is 8.70. The highest BCUT2D eigenvalue weighted by Crippen LogP contribution is 2.30. The summed E-state index contributed by atoms with van der Waals surface area (Å²) in [5.41, 5.74) is 1.76. The fourth-order valence-corrected chi connectivity index (χ4v) is 2.26. The Kier molecular flexibility index (Phi) is 6.31. The first-order valence-corrected chi connectivity index (χ1v) is 7.70. The first-order chi connectivity index (χ1) is 11.3. The van der Waals surface area contributed by atoms with Crippen molar-refractivity contribution in [3.8, 4) is 23.3 Å². The van der Waals surface area contributed by atoms with E-state index in [2.05, 4.69) is 25.1 Å². The van der Waals surface area contributed by atoms with Crippen LogP contribution >= 0.6 is 0 Å². The second-order valence-electron chi connectivity index (χ2n) is 5.04. The minimum absolute atomic E-state index is 0.339. The smallest absolute Gasteiger partial charge is 0.179 e. The Bertz CT molecular complexity index is 659. The maximum Gasteiger partial charge on any atom is 0.179 e. The summed E-state index contributed by atoms with van der Waals surface area (Å²) in [5, 5.41) is 9.13. The van der Waals surface area contributed by atoms with E-state index in [1.807, 2.05) is 12.1 Å². The van der Waals surface area contributed by atoms with Gasteiger partial charge in [-0.15, -0.1) is 0 Å². The number of benzene rings is 2. The molecule has 2 aromatic carbocycles. The lowest BCUT2D eigenvalue weighted by Crippen LogP contribution is -2.10. The summed E-state index contributed by atoms with van der Waals surface area (Å²) in [4.78, 5) is 0. The molecule has 0 aliphatic rings. The number of para-hydroxylation sites is 1. The molecular formula is C19H21NO3. The fraction of sp³-hybridized carbons (Fsp3) is 0.316. The summed E-state index contributed by atoms with van der Waals surface area (Å²) in [5.74, 6) is 1.82. The zero-order chi connectivity index (χ0) is 16.5. The summed E-state index contributed by atoms with van der Waals surface area (Å²) in [6.07, 6.45) is 2.21. The molecule has 4 nitrogen and oxygen atoms in total. The highest BCUT2D eigenvalue weighted by atomic mass is 16.5. The third-order valence-corrected chi connectivity index (χ3v) is 3.38. The fourth-order valence-electron chi connectivity index (χ4n) is 2.26. The van der Waals surface area contributed by atoms with Gasteiger partial charge in [-0.25, -0.2) is 0 Å². The summed E-state index contributed by atoms with van der Waals surface area (Å²) in [7, 11) is 1.55. The third-order valence-electron chi connectivity index (χ3n) is 3.38. The maximum absolute atomic E-state index is 9.13. The van der Waals surface area contributed by atoms with Crippen molar-refractivity contribution in [2.75, 3.05) is 20.3 Å². The third kappa shape index (κ3) is 4.65. The minimum Gasteiger partial charge on any atom is -0.493 e. The van der Waals surface area contributed by atoms with Crippen LogP contribution in [0.2, 0.25) is 0 Å². The molecule has 0 aromatic heterocycles. The molecule has 0 N–H and O–H groups in total. The summed E-state index contributed by atoms with van der Waals surface area (Å²) in [6.45, 7) is 2.90. The largest absolute Gasteiger partial charge is 0.493 e. The van der Waals surface area contributed by atoms with Crippen LogP contribution in [0.15, 0.2) is 42.5 Å². The lowest BCUT2D eigenvalue weighted by Gasteiger charge is -2.12. The average molecular weight is 311 g/mol. The van der Waals surface area contributed by atoms with E-state index >= 15 is 0 Å². The van der Waals surface area contributed by atoms with Crippen molar-refractivity contribution in [2.24, 2.45) is 0 Å². The van der Waals surface area contributed by atoms with E-state index in [1.54, 1.807) is 25.3 Å². The van der Waals surface area contributed by atoms with Crippen LogP contribution in [0.4, 0.5) is 0 Å². The number of nitrogens with zero attached hydrogens (tertiary/aromatic N) is 1. The summed E-state index contributed by atoms with van der Waals surface area (Å²) < 4.78 is 16.5. The van der Waals surface area contributed by atoms with Crippen molar-refractivity contribution in [3.05, 3.63) is 53.6 Å². The van der Waals surface area contributed by atoms with Crippen molar-refractivity contribution >= 4 is 0 Å². The van der Waals surface area contributed by atoms with Gasteiger partial charge in [0.1, 0.15) is 25.0 Å². The molecule has 2 rings (SSSR count).